The van der Waals surface area contributed by atoms with Crippen molar-refractivity contribution in [2.45, 2.75) is 19.9 Å². The fourth-order valence-corrected chi connectivity index (χ4v) is 2.01. The molecule has 0 aliphatic carbocycles. The van der Waals surface area contributed by atoms with E-state index in [1.165, 1.54) is 10.9 Å². The second-order valence-electron chi connectivity index (χ2n) is 4.76. The van der Waals surface area contributed by atoms with E-state index in [4.69, 9.17) is 0 Å². The van der Waals surface area contributed by atoms with E-state index in [2.05, 4.69) is 25.5 Å². The molecule has 0 saturated heterocycles. The van der Waals surface area contributed by atoms with Crippen LogP contribution in [0.5, 0.6) is 0 Å². The lowest BCUT2D eigenvalue weighted by molar-refractivity contribution is -0.799. The Morgan fingerprint density at radius 1 is 1.48 bits per heavy atom. The molecule has 0 unspecified atom stereocenters. The predicted octanol–water partition coefficient (Wildman–Crippen LogP) is -1.50. The summed E-state index contributed by atoms with van der Waals surface area (Å²) in [6.07, 6.45) is 1.88. The highest BCUT2D eigenvalue weighted by Crippen LogP contribution is 2.04. The first-order valence-electron chi connectivity index (χ1n) is 6.31. The average molecular weight is 291 g/mol. The normalized spacial score (nSPS) is 11.1. The molecule has 3 aromatic heterocycles. The standard InChI is InChI=1S/C11H14N8O2/c1-7-5-12-10(19(7)21)4-9-13-16-18(14-9)6-8-3-11(20)15-17(8)2/h3,5,21H,4,6H2,1-2H3,(H,15,20)/p+1. The molecular weight excluding hydrogens is 276 g/mol. The van der Waals surface area contributed by atoms with Crippen LogP contribution >= 0.6 is 0 Å². The molecule has 10 nitrogen and oxygen atoms in total. The van der Waals surface area contributed by atoms with E-state index in [1.807, 2.05) is 0 Å². The molecule has 0 amide bonds. The largest absolute Gasteiger partial charge is 0.427 e. The smallest absolute Gasteiger partial charge is 0.315 e. The molecule has 21 heavy (non-hydrogen) atoms. The minimum atomic E-state index is -0.161. The van der Waals surface area contributed by atoms with E-state index < -0.39 is 0 Å². The number of aryl methyl sites for hydroxylation is 2. The number of imidazole rings is 1. The van der Waals surface area contributed by atoms with Gasteiger partial charge in [-0.25, -0.2) is 4.98 Å². The third-order valence-electron chi connectivity index (χ3n) is 3.14. The van der Waals surface area contributed by atoms with Gasteiger partial charge in [-0.2, -0.15) is 4.73 Å². The van der Waals surface area contributed by atoms with Crippen molar-refractivity contribution in [3.05, 3.63) is 45.7 Å². The third kappa shape index (κ3) is 2.55. The van der Waals surface area contributed by atoms with Gasteiger partial charge in [-0.15, -0.1) is 0 Å². The van der Waals surface area contributed by atoms with Crippen molar-refractivity contribution in [3.63, 3.8) is 0 Å². The number of nitrogens with one attached hydrogen (secondary N) is 2. The first kappa shape index (κ1) is 13.1. The van der Waals surface area contributed by atoms with Crippen molar-refractivity contribution >= 4 is 0 Å². The number of rotatable bonds is 4. The number of hydrogen-bond donors (Lipinski definition) is 3. The topological polar surface area (TPSA) is 121 Å². The van der Waals surface area contributed by atoms with Crippen molar-refractivity contribution in [2.24, 2.45) is 7.05 Å². The van der Waals surface area contributed by atoms with Crippen LogP contribution in [0.4, 0.5) is 0 Å². The van der Waals surface area contributed by atoms with Gasteiger partial charge in [0.2, 0.25) is 0 Å². The van der Waals surface area contributed by atoms with E-state index in [-0.39, 0.29) is 5.56 Å². The molecule has 0 bridgehead atoms. The summed E-state index contributed by atoms with van der Waals surface area (Å²) in [4.78, 5) is 16.8. The molecule has 110 valence electrons. The fraction of sp³-hybridized carbons (Fsp3) is 0.364. The molecule has 3 rings (SSSR count). The van der Waals surface area contributed by atoms with Crippen molar-refractivity contribution in [3.8, 4) is 0 Å². The highest BCUT2D eigenvalue weighted by Gasteiger charge is 2.17. The second-order valence-corrected chi connectivity index (χ2v) is 4.76. The summed E-state index contributed by atoms with van der Waals surface area (Å²) in [5.74, 6) is 0.962. The number of hydrogen-bond acceptors (Lipinski definition) is 5. The monoisotopic (exact) mass is 291 g/mol. The SMILES string of the molecule is Cc1cnc(Cc2n[nH][n+](Cc3cc(=O)[nH]n3C)n2)n1O. The highest BCUT2D eigenvalue weighted by atomic mass is 16.5. The van der Waals surface area contributed by atoms with Crippen molar-refractivity contribution in [1.82, 2.24) is 34.9 Å². The lowest BCUT2D eigenvalue weighted by Crippen LogP contribution is -2.40. The Hall–Kier alpha value is -2.91. The minimum Gasteiger partial charge on any atom is -0.427 e. The zero-order chi connectivity index (χ0) is 15.0. The van der Waals surface area contributed by atoms with Crippen molar-refractivity contribution < 1.29 is 10.0 Å². The maximum Gasteiger partial charge on any atom is 0.315 e. The van der Waals surface area contributed by atoms with Crippen LogP contribution in [-0.4, -0.2) is 40.1 Å². The number of aromatic nitrogens is 8. The van der Waals surface area contributed by atoms with E-state index in [0.717, 1.165) is 10.4 Å². The van der Waals surface area contributed by atoms with Gasteiger partial charge in [0.05, 0.1) is 22.7 Å². The zero-order valence-corrected chi connectivity index (χ0v) is 11.6. The van der Waals surface area contributed by atoms with Gasteiger partial charge in [-0.3, -0.25) is 14.6 Å². The van der Waals surface area contributed by atoms with E-state index in [9.17, 15) is 10.0 Å². The number of H-pyrrole nitrogens is 2. The van der Waals surface area contributed by atoms with Crippen LogP contribution in [0.2, 0.25) is 0 Å². The van der Waals surface area contributed by atoms with Crippen LogP contribution in [0.25, 0.3) is 0 Å². The molecule has 0 atom stereocenters. The molecule has 3 N–H and O–H groups in total. The van der Waals surface area contributed by atoms with Gasteiger partial charge in [0.25, 0.3) is 5.56 Å². The van der Waals surface area contributed by atoms with Gasteiger partial charge in [0, 0.05) is 13.1 Å². The summed E-state index contributed by atoms with van der Waals surface area (Å²) in [7, 11) is 1.75. The zero-order valence-electron chi connectivity index (χ0n) is 11.6. The van der Waals surface area contributed by atoms with Gasteiger partial charge in [0.1, 0.15) is 6.42 Å². The molecule has 0 radical (unpaired) electrons. The summed E-state index contributed by atoms with van der Waals surface area (Å²) >= 11 is 0. The molecule has 3 aromatic rings. The van der Waals surface area contributed by atoms with Crippen molar-refractivity contribution in [2.75, 3.05) is 0 Å². The molecule has 0 spiro atoms. The number of nitrogens with zero attached hydrogens (tertiary/aromatic N) is 6. The van der Waals surface area contributed by atoms with Crippen LogP contribution in [-0.2, 0) is 20.0 Å². The Morgan fingerprint density at radius 2 is 2.29 bits per heavy atom. The molecule has 0 aliphatic heterocycles. The third-order valence-corrected chi connectivity index (χ3v) is 3.14. The fourth-order valence-electron chi connectivity index (χ4n) is 2.01. The van der Waals surface area contributed by atoms with Gasteiger partial charge in [-0.1, -0.05) is 4.80 Å². The summed E-state index contributed by atoms with van der Waals surface area (Å²) in [6, 6.07) is 1.50. The Bertz CT molecular complexity index is 824. The van der Waals surface area contributed by atoms with Crippen LogP contribution in [0.1, 0.15) is 23.0 Å². The first-order valence-corrected chi connectivity index (χ1v) is 6.31. The van der Waals surface area contributed by atoms with Gasteiger partial charge < -0.3 is 5.21 Å². The van der Waals surface area contributed by atoms with E-state index in [0.29, 0.717) is 30.3 Å². The van der Waals surface area contributed by atoms with E-state index >= 15 is 0 Å². The lowest BCUT2D eigenvalue weighted by atomic mass is 10.4. The Labute approximate surface area is 118 Å². The quantitative estimate of drug-likeness (QED) is 0.399. The molecule has 3 heterocycles. The highest BCUT2D eigenvalue weighted by molar-refractivity contribution is 5.05. The molecule has 0 saturated carbocycles. The molecule has 0 aromatic carbocycles. The van der Waals surface area contributed by atoms with E-state index in [1.54, 1.807) is 24.9 Å². The summed E-state index contributed by atoms with van der Waals surface area (Å²) in [5.41, 5.74) is 1.26. The summed E-state index contributed by atoms with van der Waals surface area (Å²) in [6.45, 7) is 2.13. The Morgan fingerprint density at radius 3 is 2.90 bits per heavy atom. The van der Waals surface area contributed by atoms with Crippen LogP contribution < -0.4 is 10.4 Å². The van der Waals surface area contributed by atoms with Crippen LogP contribution in [0, 0.1) is 6.92 Å². The van der Waals surface area contributed by atoms with Gasteiger partial charge in [0.15, 0.2) is 12.4 Å². The van der Waals surface area contributed by atoms with Crippen LogP contribution in [0.3, 0.4) is 0 Å². The Kier molecular flexibility index (Phi) is 3.05. The average Bonchev–Trinajstić information content (AvgIpc) is 3.08. The van der Waals surface area contributed by atoms with Crippen molar-refractivity contribution in [1.29, 1.82) is 0 Å². The lowest BCUT2D eigenvalue weighted by Gasteiger charge is -1.96. The number of aromatic amines is 2. The van der Waals surface area contributed by atoms with Gasteiger partial charge >= 0.3 is 5.82 Å². The summed E-state index contributed by atoms with van der Waals surface area (Å²) < 4.78 is 2.64. The molecule has 10 heteroatoms. The minimum absolute atomic E-state index is 0.161. The Balaban J connectivity index is 1.76. The molecule has 0 fully saturated rings. The second kappa shape index (κ2) is 4.89. The maximum atomic E-state index is 11.2. The van der Waals surface area contributed by atoms with Crippen LogP contribution in [0.15, 0.2) is 17.1 Å². The van der Waals surface area contributed by atoms with Gasteiger partial charge in [-0.05, 0) is 17.2 Å². The first-order chi connectivity index (χ1) is 10.0. The predicted molar refractivity (Wildman–Crippen MR) is 68.7 cm³/mol. The maximum absolute atomic E-state index is 11.2. The summed E-state index contributed by atoms with van der Waals surface area (Å²) in [5, 5.41) is 23.4. The molecular formula is C11H15N8O2+. The molecule has 0 aliphatic rings. The number of tetrazole rings is 1.